The van der Waals surface area contributed by atoms with E-state index >= 15 is 0 Å². The molecule has 0 aliphatic rings. The van der Waals surface area contributed by atoms with Crippen molar-refractivity contribution < 1.29 is 17.6 Å². The predicted octanol–water partition coefficient (Wildman–Crippen LogP) is 5.29. The van der Waals surface area contributed by atoms with Crippen LogP contribution in [0.5, 0.6) is 0 Å². The van der Waals surface area contributed by atoms with Gasteiger partial charge in [-0.2, -0.15) is 0 Å². The van der Waals surface area contributed by atoms with E-state index in [2.05, 4.69) is 26.0 Å². The summed E-state index contributed by atoms with van der Waals surface area (Å²) in [6.45, 7) is 0. The molecule has 0 radical (unpaired) electrons. The lowest BCUT2D eigenvalue weighted by molar-refractivity contribution is 0.102. The Balaban J connectivity index is 1.79. The molecule has 9 heteroatoms. The molecule has 28 heavy (non-hydrogen) atoms. The number of carbonyl (C=O) groups is 1. The van der Waals surface area contributed by atoms with Crippen LogP contribution in [-0.2, 0) is 10.0 Å². The summed E-state index contributed by atoms with van der Waals surface area (Å²) in [5.41, 5.74) is 0.440. The van der Waals surface area contributed by atoms with Gasteiger partial charge in [-0.25, -0.2) is 12.8 Å². The third-order valence-electron chi connectivity index (χ3n) is 3.68. The Morgan fingerprint density at radius 2 is 1.71 bits per heavy atom. The quantitative estimate of drug-likeness (QED) is 0.517. The molecule has 144 valence electrons. The summed E-state index contributed by atoms with van der Waals surface area (Å²) in [6, 6.07) is 15.9. The Bertz CT molecular complexity index is 1140. The van der Waals surface area contributed by atoms with Crippen molar-refractivity contribution in [1.29, 1.82) is 0 Å². The van der Waals surface area contributed by atoms with Crippen LogP contribution >= 0.6 is 27.5 Å². The first-order valence-electron chi connectivity index (χ1n) is 7.89. The van der Waals surface area contributed by atoms with E-state index in [1.165, 1.54) is 24.3 Å². The zero-order chi connectivity index (χ0) is 20.3. The standard InChI is InChI=1S/C19H13BrClFN2O3S/c20-13-4-6-15(7-5-13)24-28(26,27)16-8-9-18(17(22)11-16)23-19(25)12-2-1-3-14(21)10-12/h1-11,24H,(H,23,25). The fourth-order valence-corrected chi connectivity index (χ4v) is 3.85. The average molecular weight is 484 g/mol. The zero-order valence-electron chi connectivity index (χ0n) is 14.1. The van der Waals surface area contributed by atoms with Gasteiger partial charge in [0.25, 0.3) is 15.9 Å². The Morgan fingerprint density at radius 1 is 1.00 bits per heavy atom. The summed E-state index contributed by atoms with van der Waals surface area (Å²) in [6.07, 6.45) is 0. The molecule has 0 atom stereocenters. The molecule has 0 saturated heterocycles. The van der Waals surface area contributed by atoms with Crippen LogP contribution in [0.3, 0.4) is 0 Å². The van der Waals surface area contributed by atoms with Crippen molar-refractivity contribution in [1.82, 2.24) is 0 Å². The van der Waals surface area contributed by atoms with Crippen LogP contribution in [0.15, 0.2) is 76.1 Å². The SMILES string of the molecule is O=C(Nc1ccc(S(=O)(=O)Nc2ccc(Br)cc2)cc1F)c1cccc(Cl)c1. The summed E-state index contributed by atoms with van der Waals surface area (Å²) in [5.74, 6) is -1.45. The minimum absolute atomic E-state index is 0.146. The van der Waals surface area contributed by atoms with Crippen molar-refractivity contribution in [3.63, 3.8) is 0 Å². The fourth-order valence-electron chi connectivity index (χ4n) is 2.32. The van der Waals surface area contributed by atoms with Crippen molar-refractivity contribution in [3.8, 4) is 0 Å². The van der Waals surface area contributed by atoms with Gasteiger partial charge >= 0.3 is 0 Å². The number of carbonyl (C=O) groups excluding carboxylic acids is 1. The first-order chi connectivity index (χ1) is 13.2. The molecule has 0 bridgehead atoms. The van der Waals surface area contributed by atoms with E-state index in [9.17, 15) is 17.6 Å². The highest BCUT2D eigenvalue weighted by molar-refractivity contribution is 9.10. The monoisotopic (exact) mass is 482 g/mol. The van der Waals surface area contributed by atoms with Gasteiger partial charge in [0.1, 0.15) is 5.82 Å². The fraction of sp³-hybridized carbons (Fsp3) is 0. The van der Waals surface area contributed by atoms with Gasteiger partial charge in [-0.1, -0.05) is 33.6 Å². The van der Waals surface area contributed by atoms with E-state index in [1.54, 1.807) is 36.4 Å². The molecular weight excluding hydrogens is 471 g/mol. The smallest absolute Gasteiger partial charge is 0.261 e. The second-order valence-corrected chi connectivity index (χ2v) is 8.75. The van der Waals surface area contributed by atoms with Gasteiger partial charge in [0.05, 0.1) is 10.6 Å². The van der Waals surface area contributed by atoms with Gasteiger partial charge in [-0.15, -0.1) is 0 Å². The molecule has 3 rings (SSSR count). The maximum atomic E-state index is 14.4. The van der Waals surface area contributed by atoms with E-state index in [-0.39, 0.29) is 16.1 Å². The van der Waals surface area contributed by atoms with Crippen LogP contribution in [0.4, 0.5) is 15.8 Å². The number of halogens is 3. The van der Waals surface area contributed by atoms with Crippen molar-refractivity contribution in [2.24, 2.45) is 0 Å². The molecule has 0 saturated carbocycles. The average Bonchev–Trinajstić information content (AvgIpc) is 2.65. The number of sulfonamides is 1. The van der Waals surface area contributed by atoms with Gasteiger partial charge in [-0.05, 0) is 60.7 Å². The van der Waals surface area contributed by atoms with E-state index < -0.39 is 21.7 Å². The molecule has 0 unspecified atom stereocenters. The maximum absolute atomic E-state index is 14.4. The number of rotatable bonds is 5. The Labute approximate surface area is 174 Å². The van der Waals surface area contributed by atoms with Crippen LogP contribution in [0.25, 0.3) is 0 Å². The summed E-state index contributed by atoms with van der Waals surface area (Å²) >= 11 is 9.10. The van der Waals surface area contributed by atoms with E-state index in [0.717, 1.165) is 10.5 Å². The third kappa shape index (κ3) is 4.89. The number of amides is 1. The Kier molecular flexibility index (Phi) is 6.02. The van der Waals surface area contributed by atoms with Crippen LogP contribution < -0.4 is 10.0 Å². The first-order valence-corrected chi connectivity index (χ1v) is 10.5. The Morgan fingerprint density at radius 3 is 2.36 bits per heavy atom. The highest BCUT2D eigenvalue weighted by atomic mass is 79.9. The van der Waals surface area contributed by atoms with Crippen LogP contribution in [-0.4, -0.2) is 14.3 Å². The third-order valence-corrected chi connectivity index (χ3v) is 5.83. The second kappa shape index (κ2) is 8.30. The van der Waals surface area contributed by atoms with Gasteiger partial charge in [-0.3, -0.25) is 9.52 Å². The molecule has 2 N–H and O–H groups in total. The summed E-state index contributed by atoms with van der Waals surface area (Å²) in [4.78, 5) is 11.9. The minimum Gasteiger partial charge on any atom is -0.319 e. The van der Waals surface area contributed by atoms with E-state index in [1.807, 2.05) is 0 Å². The summed E-state index contributed by atoms with van der Waals surface area (Å²) in [7, 11) is -3.99. The highest BCUT2D eigenvalue weighted by Crippen LogP contribution is 2.23. The molecule has 3 aromatic carbocycles. The lowest BCUT2D eigenvalue weighted by atomic mass is 10.2. The van der Waals surface area contributed by atoms with E-state index in [4.69, 9.17) is 11.6 Å². The van der Waals surface area contributed by atoms with Crippen molar-refractivity contribution in [3.05, 3.63) is 87.6 Å². The highest BCUT2D eigenvalue weighted by Gasteiger charge is 2.18. The van der Waals surface area contributed by atoms with Crippen molar-refractivity contribution in [2.45, 2.75) is 4.90 Å². The van der Waals surface area contributed by atoms with Gasteiger partial charge in [0, 0.05) is 20.7 Å². The number of benzene rings is 3. The molecule has 0 aliphatic carbocycles. The normalized spacial score (nSPS) is 11.1. The van der Waals surface area contributed by atoms with Crippen LogP contribution in [0.1, 0.15) is 10.4 Å². The lowest BCUT2D eigenvalue weighted by Gasteiger charge is -2.11. The molecule has 5 nitrogen and oxygen atoms in total. The molecule has 0 heterocycles. The largest absolute Gasteiger partial charge is 0.319 e. The predicted molar refractivity (Wildman–Crippen MR) is 111 cm³/mol. The Hall–Kier alpha value is -2.42. The number of nitrogens with one attached hydrogen (secondary N) is 2. The molecule has 0 aliphatic heterocycles. The molecule has 0 spiro atoms. The maximum Gasteiger partial charge on any atom is 0.261 e. The van der Waals surface area contributed by atoms with Crippen LogP contribution in [0, 0.1) is 5.82 Å². The zero-order valence-corrected chi connectivity index (χ0v) is 17.3. The van der Waals surface area contributed by atoms with Gasteiger partial charge < -0.3 is 5.32 Å². The van der Waals surface area contributed by atoms with Crippen molar-refractivity contribution >= 4 is 54.8 Å². The van der Waals surface area contributed by atoms with Gasteiger partial charge in [0.15, 0.2) is 0 Å². The first kappa shape index (κ1) is 20.3. The van der Waals surface area contributed by atoms with Gasteiger partial charge in [0.2, 0.25) is 0 Å². The molecule has 0 fully saturated rings. The second-order valence-electron chi connectivity index (χ2n) is 5.72. The number of hydrogen-bond donors (Lipinski definition) is 2. The molecule has 3 aromatic rings. The number of hydrogen-bond acceptors (Lipinski definition) is 3. The van der Waals surface area contributed by atoms with E-state index in [0.29, 0.717) is 10.7 Å². The topological polar surface area (TPSA) is 75.3 Å². The summed E-state index contributed by atoms with van der Waals surface area (Å²) < 4.78 is 42.4. The summed E-state index contributed by atoms with van der Waals surface area (Å²) in [5, 5.41) is 2.76. The van der Waals surface area contributed by atoms with Crippen molar-refractivity contribution in [2.75, 3.05) is 10.0 Å². The molecule has 0 aromatic heterocycles. The lowest BCUT2D eigenvalue weighted by Crippen LogP contribution is -2.15. The minimum atomic E-state index is -3.99. The number of anilines is 2. The molecule has 1 amide bonds. The van der Waals surface area contributed by atoms with Crippen LogP contribution in [0.2, 0.25) is 5.02 Å². The molecular formula is C19H13BrClFN2O3S.